The lowest BCUT2D eigenvalue weighted by atomic mass is 9.97. The van der Waals surface area contributed by atoms with Gasteiger partial charge in [-0.15, -0.1) is 0 Å². The smallest absolute Gasteiger partial charge is 0.166 e. The molecule has 5 nitrogen and oxygen atoms in total. The molecule has 0 saturated heterocycles. The van der Waals surface area contributed by atoms with Gasteiger partial charge >= 0.3 is 0 Å². The van der Waals surface area contributed by atoms with Gasteiger partial charge in [0.25, 0.3) is 0 Å². The maximum Gasteiger partial charge on any atom is 0.166 e. The Morgan fingerprint density at radius 2 is 1.04 bits per heavy atom. The molecule has 0 saturated carbocycles. The fourth-order valence-corrected chi connectivity index (χ4v) is 7.10. The van der Waals surface area contributed by atoms with Crippen LogP contribution in [0.1, 0.15) is 11.1 Å². The molecule has 0 amide bonds. The van der Waals surface area contributed by atoms with Gasteiger partial charge in [0.05, 0.1) is 16.7 Å². The molecule has 0 aliphatic carbocycles. The Bertz CT molecular complexity index is 2640. The first-order valence-corrected chi connectivity index (χ1v) is 17.1. The summed E-state index contributed by atoms with van der Waals surface area (Å²) in [6, 6.07) is 53.1. The van der Waals surface area contributed by atoms with Crippen LogP contribution in [0.25, 0.3) is 83.9 Å². The monoisotopic (exact) mass is 655 g/mol. The summed E-state index contributed by atoms with van der Waals surface area (Å²) in [6.07, 6.45) is 3.66. The highest BCUT2D eigenvalue weighted by Gasteiger charge is 2.21. The van der Waals surface area contributed by atoms with Crippen molar-refractivity contribution in [2.45, 2.75) is 13.8 Å². The van der Waals surface area contributed by atoms with Gasteiger partial charge in [-0.05, 0) is 78.1 Å². The van der Waals surface area contributed by atoms with Gasteiger partial charge in [-0.2, -0.15) is 0 Å². The lowest BCUT2D eigenvalue weighted by molar-refractivity contribution is 1.06. The van der Waals surface area contributed by atoms with E-state index in [9.17, 15) is 0 Å². The molecule has 0 bridgehead atoms. The Hall–Kier alpha value is -6.72. The van der Waals surface area contributed by atoms with E-state index in [1.165, 1.54) is 33.0 Å². The maximum atomic E-state index is 5.20. The van der Waals surface area contributed by atoms with Crippen molar-refractivity contribution < 1.29 is 0 Å². The fraction of sp³-hybridized carbons (Fsp3) is 0.0435. The minimum absolute atomic E-state index is 0.602. The van der Waals surface area contributed by atoms with Crippen molar-refractivity contribution in [1.29, 1.82) is 0 Å². The number of rotatable bonds is 6. The highest BCUT2D eigenvalue weighted by atomic mass is 15.1. The van der Waals surface area contributed by atoms with Crippen LogP contribution in [0, 0.1) is 13.8 Å². The van der Waals surface area contributed by atoms with Gasteiger partial charge in [0.1, 0.15) is 0 Å². The molecule has 51 heavy (non-hydrogen) atoms. The molecule has 0 atom stereocenters. The summed E-state index contributed by atoms with van der Waals surface area (Å²) in [5.74, 6) is 1.85. The average molecular weight is 656 g/mol. The van der Waals surface area contributed by atoms with E-state index in [4.69, 9.17) is 15.0 Å². The van der Waals surface area contributed by atoms with Crippen LogP contribution in [-0.4, -0.2) is 24.5 Å². The van der Waals surface area contributed by atoms with Gasteiger partial charge in [0.15, 0.2) is 17.5 Å². The van der Waals surface area contributed by atoms with Gasteiger partial charge < -0.3 is 4.57 Å². The van der Waals surface area contributed by atoms with E-state index in [0.717, 1.165) is 44.5 Å². The Morgan fingerprint density at radius 1 is 0.412 bits per heavy atom. The van der Waals surface area contributed by atoms with Gasteiger partial charge in [0, 0.05) is 39.9 Å². The van der Waals surface area contributed by atoms with Crippen molar-refractivity contribution in [2.75, 3.05) is 0 Å². The maximum absolute atomic E-state index is 5.20. The molecule has 9 aromatic rings. The highest BCUT2D eigenvalue weighted by molar-refractivity contribution is 6.10. The first kappa shape index (κ1) is 30.3. The lowest BCUT2D eigenvalue weighted by Crippen LogP contribution is -2.04. The largest absolute Gasteiger partial charge is 0.308 e. The van der Waals surface area contributed by atoms with Crippen LogP contribution in [0.15, 0.2) is 164 Å². The van der Waals surface area contributed by atoms with Crippen molar-refractivity contribution in [2.24, 2.45) is 0 Å². The Morgan fingerprint density at radius 3 is 1.75 bits per heavy atom. The number of aryl methyl sites for hydroxylation is 2. The van der Waals surface area contributed by atoms with E-state index in [1.54, 1.807) is 0 Å². The molecule has 3 aromatic heterocycles. The van der Waals surface area contributed by atoms with Gasteiger partial charge in [-0.25, -0.2) is 15.0 Å². The van der Waals surface area contributed by atoms with Gasteiger partial charge in [0.2, 0.25) is 0 Å². The van der Waals surface area contributed by atoms with Crippen LogP contribution in [-0.2, 0) is 0 Å². The normalized spacial score (nSPS) is 11.3. The number of benzene rings is 6. The number of nitrogens with zero attached hydrogens (tertiary/aromatic N) is 5. The molecular weight excluding hydrogens is 623 g/mol. The molecule has 0 fully saturated rings. The number of hydrogen-bond acceptors (Lipinski definition) is 4. The molecule has 6 aromatic carbocycles. The molecule has 9 rings (SSSR count). The quantitative estimate of drug-likeness (QED) is 0.179. The van der Waals surface area contributed by atoms with Crippen molar-refractivity contribution in [3.8, 4) is 62.1 Å². The molecular formula is C46H33N5. The first-order chi connectivity index (χ1) is 25.1. The first-order valence-electron chi connectivity index (χ1n) is 17.1. The van der Waals surface area contributed by atoms with Crippen LogP contribution in [0.2, 0.25) is 0 Å². The van der Waals surface area contributed by atoms with Gasteiger partial charge in [-0.1, -0.05) is 121 Å². The molecule has 5 heteroatoms. The van der Waals surface area contributed by atoms with Gasteiger partial charge in [-0.3, -0.25) is 4.98 Å². The molecule has 0 unspecified atom stereocenters. The number of fused-ring (bicyclic) bond motifs is 3. The summed E-state index contributed by atoms with van der Waals surface area (Å²) < 4.78 is 2.37. The summed E-state index contributed by atoms with van der Waals surface area (Å²) in [6.45, 7) is 4.33. The van der Waals surface area contributed by atoms with E-state index in [-0.39, 0.29) is 0 Å². The Kier molecular flexibility index (Phi) is 7.51. The molecule has 0 aliphatic heterocycles. The average Bonchev–Trinajstić information content (AvgIpc) is 3.52. The summed E-state index contributed by atoms with van der Waals surface area (Å²) in [5.41, 5.74) is 13.0. The Balaban J connectivity index is 1.36. The van der Waals surface area contributed by atoms with Crippen LogP contribution < -0.4 is 0 Å². The second-order valence-corrected chi connectivity index (χ2v) is 12.9. The van der Waals surface area contributed by atoms with E-state index in [0.29, 0.717) is 17.5 Å². The molecule has 0 aliphatic rings. The van der Waals surface area contributed by atoms with Crippen molar-refractivity contribution in [3.05, 3.63) is 175 Å². The second kappa shape index (κ2) is 12.6. The van der Waals surface area contributed by atoms with Crippen LogP contribution in [0.4, 0.5) is 0 Å². The molecule has 0 N–H and O–H groups in total. The molecule has 3 heterocycles. The second-order valence-electron chi connectivity index (χ2n) is 12.9. The summed E-state index contributed by atoms with van der Waals surface area (Å²) in [4.78, 5) is 19.7. The van der Waals surface area contributed by atoms with Crippen molar-refractivity contribution in [1.82, 2.24) is 24.5 Å². The molecule has 242 valence electrons. The molecule has 0 radical (unpaired) electrons. The lowest BCUT2D eigenvalue weighted by Gasteiger charge is -2.17. The van der Waals surface area contributed by atoms with E-state index < -0.39 is 0 Å². The highest BCUT2D eigenvalue weighted by Crippen LogP contribution is 2.40. The molecule has 0 spiro atoms. The predicted molar refractivity (Wildman–Crippen MR) is 209 cm³/mol. The third-order valence-corrected chi connectivity index (χ3v) is 9.56. The fourth-order valence-electron chi connectivity index (χ4n) is 7.10. The standard InChI is InChI=1S/C46H33N5/c1-30-17-20-37(31(2)27-30)36-18-21-39-38-15-9-10-16-41(38)51(43(39)29-36)42-22-19-35(32-23-25-47-26-24-32)28-40(42)46-49-44(33-11-5-3-6-12-33)48-45(50-46)34-13-7-4-8-14-34/h3-29H,1-2H3. The zero-order valence-electron chi connectivity index (χ0n) is 28.3. The summed E-state index contributed by atoms with van der Waals surface area (Å²) in [7, 11) is 0. The number of aromatic nitrogens is 5. The van der Waals surface area contributed by atoms with E-state index in [2.05, 4.69) is 102 Å². The van der Waals surface area contributed by atoms with Crippen molar-refractivity contribution >= 4 is 21.8 Å². The van der Waals surface area contributed by atoms with Crippen LogP contribution in [0.5, 0.6) is 0 Å². The SMILES string of the molecule is Cc1ccc(-c2ccc3c4ccccc4n(-c4ccc(-c5ccncc5)cc4-c4nc(-c5ccccc5)nc(-c5ccccc5)n4)c3c2)c(C)c1. The summed E-state index contributed by atoms with van der Waals surface area (Å²) >= 11 is 0. The zero-order chi connectivity index (χ0) is 34.3. The third-order valence-electron chi connectivity index (χ3n) is 9.56. The predicted octanol–water partition coefficient (Wildman–Crippen LogP) is 11.3. The number of pyridine rings is 1. The summed E-state index contributed by atoms with van der Waals surface area (Å²) in [5, 5.41) is 2.38. The minimum atomic E-state index is 0.602. The third kappa shape index (κ3) is 5.55. The van der Waals surface area contributed by atoms with Crippen LogP contribution >= 0.6 is 0 Å². The number of hydrogen-bond donors (Lipinski definition) is 0. The topological polar surface area (TPSA) is 56.5 Å². The van der Waals surface area contributed by atoms with Crippen LogP contribution in [0.3, 0.4) is 0 Å². The minimum Gasteiger partial charge on any atom is -0.308 e. The zero-order valence-corrected chi connectivity index (χ0v) is 28.3. The van der Waals surface area contributed by atoms with E-state index >= 15 is 0 Å². The van der Waals surface area contributed by atoms with E-state index in [1.807, 2.05) is 85.2 Å². The van der Waals surface area contributed by atoms with Crippen molar-refractivity contribution in [3.63, 3.8) is 0 Å². The Labute approximate surface area is 296 Å². The number of para-hydroxylation sites is 1.